The zero-order valence-electron chi connectivity index (χ0n) is 11.3. The Kier molecular flexibility index (Phi) is 4.68. The molecule has 0 amide bonds. The van der Waals surface area contributed by atoms with Gasteiger partial charge >= 0.3 is 0 Å². The van der Waals surface area contributed by atoms with Crippen LogP contribution < -0.4 is 5.32 Å². The number of hydrogen-bond acceptors (Lipinski definition) is 6. The van der Waals surface area contributed by atoms with Crippen molar-refractivity contribution in [2.75, 3.05) is 33.3 Å². The van der Waals surface area contributed by atoms with Crippen LogP contribution in [0.1, 0.15) is 44.1 Å². The molecule has 0 spiro atoms. The van der Waals surface area contributed by atoms with E-state index in [1.165, 1.54) is 0 Å². The first kappa shape index (κ1) is 13.5. The largest absolute Gasteiger partial charge is 0.367 e. The summed E-state index contributed by atoms with van der Waals surface area (Å²) in [5.74, 6) is 1.29. The minimum Gasteiger partial charge on any atom is -0.367 e. The van der Waals surface area contributed by atoms with Gasteiger partial charge in [-0.05, 0) is 26.9 Å². The third kappa shape index (κ3) is 3.28. The minimum atomic E-state index is -0.0698. The molecule has 1 fully saturated rings. The molecule has 2 rings (SSSR count). The fraction of sp³-hybridized carbons (Fsp3) is 0.833. The maximum absolute atomic E-state index is 5.66. The Labute approximate surface area is 108 Å². The summed E-state index contributed by atoms with van der Waals surface area (Å²) in [6.45, 7) is 7.59. The number of likely N-dealkylation sites (N-methyl/N-ethyl adjacent to an activating group) is 1. The van der Waals surface area contributed by atoms with E-state index in [0.29, 0.717) is 18.3 Å². The standard InChI is InChI=1S/C12H22N4O2/c1-4-5-13-9(2)12-14-11(15-18-12)10-8-16(3)6-7-17-10/h9-10,13H,4-8H2,1-3H3. The minimum absolute atomic E-state index is 0.0698. The number of ether oxygens (including phenoxy) is 1. The van der Waals surface area contributed by atoms with E-state index < -0.39 is 0 Å². The fourth-order valence-corrected chi connectivity index (χ4v) is 1.94. The Balaban J connectivity index is 1.96. The van der Waals surface area contributed by atoms with Gasteiger partial charge in [-0.25, -0.2) is 0 Å². The highest BCUT2D eigenvalue weighted by Gasteiger charge is 2.25. The van der Waals surface area contributed by atoms with E-state index in [0.717, 1.165) is 26.1 Å². The van der Waals surface area contributed by atoms with Crippen LogP contribution in [0.25, 0.3) is 0 Å². The van der Waals surface area contributed by atoms with E-state index >= 15 is 0 Å². The Morgan fingerprint density at radius 3 is 3.11 bits per heavy atom. The molecular formula is C12H22N4O2. The smallest absolute Gasteiger partial charge is 0.243 e. The van der Waals surface area contributed by atoms with Crippen LogP contribution in [-0.2, 0) is 4.74 Å². The van der Waals surface area contributed by atoms with Crippen molar-refractivity contribution >= 4 is 0 Å². The first-order valence-corrected chi connectivity index (χ1v) is 6.57. The van der Waals surface area contributed by atoms with Gasteiger partial charge in [-0.3, -0.25) is 0 Å². The Bertz CT molecular complexity index is 369. The molecule has 2 heterocycles. The van der Waals surface area contributed by atoms with Crippen LogP contribution in [0.15, 0.2) is 4.52 Å². The van der Waals surface area contributed by atoms with Gasteiger partial charge in [-0.2, -0.15) is 4.98 Å². The molecular weight excluding hydrogens is 232 g/mol. The lowest BCUT2D eigenvalue weighted by molar-refractivity contribution is -0.0264. The van der Waals surface area contributed by atoms with Gasteiger partial charge in [0.25, 0.3) is 0 Å². The normalized spacial score (nSPS) is 23.2. The zero-order chi connectivity index (χ0) is 13.0. The van der Waals surface area contributed by atoms with Crippen LogP contribution in [-0.4, -0.2) is 48.3 Å². The Morgan fingerprint density at radius 1 is 1.56 bits per heavy atom. The molecule has 18 heavy (non-hydrogen) atoms. The van der Waals surface area contributed by atoms with E-state index in [9.17, 15) is 0 Å². The van der Waals surface area contributed by atoms with Crippen molar-refractivity contribution < 1.29 is 9.26 Å². The summed E-state index contributed by atoms with van der Waals surface area (Å²) in [5, 5.41) is 7.35. The molecule has 0 aliphatic carbocycles. The fourth-order valence-electron chi connectivity index (χ4n) is 1.94. The van der Waals surface area contributed by atoms with Crippen molar-refractivity contribution in [3.05, 3.63) is 11.7 Å². The van der Waals surface area contributed by atoms with Crippen LogP contribution >= 0.6 is 0 Å². The lowest BCUT2D eigenvalue weighted by Crippen LogP contribution is -2.35. The van der Waals surface area contributed by atoms with Crippen molar-refractivity contribution in [3.63, 3.8) is 0 Å². The first-order valence-electron chi connectivity index (χ1n) is 6.57. The first-order chi connectivity index (χ1) is 8.70. The lowest BCUT2D eigenvalue weighted by Gasteiger charge is -2.27. The van der Waals surface area contributed by atoms with Crippen LogP contribution in [0.4, 0.5) is 0 Å². The molecule has 1 aromatic rings. The molecule has 1 aliphatic heterocycles. The molecule has 1 aliphatic rings. The highest BCUT2D eigenvalue weighted by Crippen LogP contribution is 2.20. The maximum Gasteiger partial charge on any atom is 0.243 e. The van der Waals surface area contributed by atoms with Crippen molar-refractivity contribution in [1.29, 1.82) is 0 Å². The average molecular weight is 254 g/mol. The van der Waals surface area contributed by atoms with Gasteiger partial charge in [0, 0.05) is 13.1 Å². The predicted octanol–water partition coefficient (Wildman–Crippen LogP) is 1.13. The van der Waals surface area contributed by atoms with E-state index in [4.69, 9.17) is 9.26 Å². The number of rotatable bonds is 5. The van der Waals surface area contributed by atoms with Crippen LogP contribution in [0.5, 0.6) is 0 Å². The number of nitrogens with zero attached hydrogens (tertiary/aromatic N) is 3. The van der Waals surface area contributed by atoms with Crippen molar-refractivity contribution in [1.82, 2.24) is 20.4 Å². The third-order valence-corrected chi connectivity index (χ3v) is 3.09. The van der Waals surface area contributed by atoms with Crippen molar-refractivity contribution in [2.45, 2.75) is 32.4 Å². The highest BCUT2D eigenvalue weighted by molar-refractivity contribution is 4.96. The monoisotopic (exact) mass is 254 g/mol. The van der Waals surface area contributed by atoms with Crippen molar-refractivity contribution in [2.24, 2.45) is 0 Å². The molecule has 6 nitrogen and oxygen atoms in total. The van der Waals surface area contributed by atoms with Gasteiger partial charge < -0.3 is 19.5 Å². The number of morpholine rings is 1. The molecule has 2 unspecified atom stereocenters. The summed E-state index contributed by atoms with van der Waals surface area (Å²) in [6, 6.07) is 0.0903. The summed E-state index contributed by atoms with van der Waals surface area (Å²) in [6.07, 6.45) is 1.02. The molecule has 0 bridgehead atoms. The highest BCUT2D eigenvalue weighted by atomic mass is 16.5. The second-order valence-electron chi connectivity index (χ2n) is 4.79. The zero-order valence-corrected chi connectivity index (χ0v) is 11.3. The van der Waals surface area contributed by atoms with Gasteiger partial charge in [0.2, 0.25) is 11.7 Å². The molecule has 102 valence electrons. The van der Waals surface area contributed by atoms with E-state index in [1.807, 2.05) is 6.92 Å². The summed E-state index contributed by atoms with van der Waals surface area (Å²) < 4.78 is 11.0. The summed E-state index contributed by atoms with van der Waals surface area (Å²) >= 11 is 0. The molecule has 0 radical (unpaired) electrons. The third-order valence-electron chi connectivity index (χ3n) is 3.09. The lowest BCUT2D eigenvalue weighted by atomic mass is 10.2. The second kappa shape index (κ2) is 6.26. The second-order valence-corrected chi connectivity index (χ2v) is 4.79. The Morgan fingerprint density at radius 2 is 2.39 bits per heavy atom. The van der Waals surface area contributed by atoms with Crippen molar-refractivity contribution in [3.8, 4) is 0 Å². The predicted molar refractivity (Wildman–Crippen MR) is 67.2 cm³/mol. The van der Waals surface area contributed by atoms with Crippen LogP contribution in [0.3, 0.4) is 0 Å². The van der Waals surface area contributed by atoms with Gasteiger partial charge in [-0.1, -0.05) is 12.1 Å². The van der Waals surface area contributed by atoms with Crippen LogP contribution in [0, 0.1) is 0 Å². The van der Waals surface area contributed by atoms with Gasteiger partial charge in [0.15, 0.2) is 0 Å². The van der Waals surface area contributed by atoms with Gasteiger partial charge in [0.1, 0.15) is 6.10 Å². The maximum atomic E-state index is 5.66. The quantitative estimate of drug-likeness (QED) is 0.850. The molecule has 1 saturated heterocycles. The number of hydrogen-bond donors (Lipinski definition) is 1. The van der Waals surface area contributed by atoms with E-state index in [-0.39, 0.29) is 12.1 Å². The van der Waals surface area contributed by atoms with Crippen LogP contribution in [0.2, 0.25) is 0 Å². The molecule has 1 aromatic heterocycles. The van der Waals surface area contributed by atoms with Gasteiger partial charge in [0.05, 0.1) is 12.6 Å². The molecule has 0 saturated carbocycles. The SMILES string of the molecule is CCCNC(C)c1nc(C2CN(C)CCO2)no1. The summed E-state index contributed by atoms with van der Waals surface area (Å²) in [4.78, 5) is 6.64. The van der Waals surface area contributed by atoms with Gasteiger partial charge in [-0.15, -0.1) is 0 Å². The number of aromatic nitrogens is 2. The summed E-state index contributed by atoms with van der Waals surface area (Å²) in [7, 11) is 2.07. The topological polar surface area (TPSA) is 63.4 Å². The Hall–Kier alpha value is -0.980. The molecule has 0 aromatic carbocycles. The summed E-state index contributed by atoms with van der Waals surface area (Å²) in [5.41, 5.74) is 0. The van der Waals surface area contributed by atoms with E-state index in [2.05, 4.69) is 34.3 Å². The average Bonchev–Trinajstić information content (AvgIpc) is 2.85. The number of nitrogens with one attached hydrogen (secondary N) is 1. The molecule has 1 N–H and O–H groups in total. The van der Waals surface area contributed by atoms with E-state index in [1.54, 1.807) is 0 Å². The molecule has 2 atom stereocenters. The molecule has 6 heteroatoms.